The number of hydrogen-bond acceptors (Lipinski definition) is 3. The zero-order valence-electron chi connectivity index (χ0n) is 17.4. The van der Waals surface area contributed by atoms with E-state index < -0.39 is 23.3 Å². The van der Waals surface area contributed by atoms with E-state index in [1.807, 2.05) is 42.9 Å². The lowest BCUT2D eigenvalue weighted by Crippen LogP contribution is -2.45. The first-order valence-electron chi connectivity index (χ1n) is 10.4. The van der Waals surface area contributed by atoms with Crippen molar-refractivity contribution in [2.24, 2.45) is 13.0 Å². The molecule has 0 spiro atoms. The SMILES string of the molecule is Cc1cccc2c1c(Cn1c(=O)n([C@H](C(=O)O)C3CC3)c(=O)c3ccccc31)cn2C. The maximum atomic E-state index is 13.6. The largest absolute Gasteiger partial charge is 0.480 e. The third kappa shape index (κ3) is 3.00. The van der Waals surface area contributed by atoms with E-state index in [0.717, 1.165) is 26.6 Å². The van der Waals surface area contributed by atoms with E-state index >= 15 is 0 Å². The van der Waals surface area contributed by atoms with Crippen LogP contribution >= 0.6 is 0 Å². The Morgan fingerprint density at radius 2 is 1.81 bits per heavy atom. The van der Waals surface area contributed by atoms with Gasteiger partial charge >= 0.3 is 11.7 Å². The number of rotatable bonds is 5. The third-order valence-corrected chi connectivity index (χ3v) is 6.31. The Labute approximate surface area is 177 Å². The first kappa shape index (κ1) is 19.4. The molecule has 0 bridgehead atoms. The van der Waals surface area contributed by atoms with Crippen LogP contribution < -0.4 is 11.2 Å². The fraction of sp³-hybridized carbons (Fsp3) is 0.292. The number of nitrogens with zero attached hydrogens (tertiary/aromatic N) is 3. The predicted octanol–water partition coefficient (Wildman–Crippen LogP) is 3.05. The van der Waals surface area contributed by atoms with Gasteiger partial charge in [0.1, 0.15) is 6.04 Å². The summed E-state index contributed by atoms with van der Waals surface area (Å²) < 4.78 is 4.52. The van der Waals surface area contributed by atoms with Crippen molar-refractivity contribution in [1.29, 1.82) is 0 Å². The summed E-state index contributed by atoms with van der Waals surface area (Å²) in [6, 6.07) is 11.8. The molecule has 0 amide bonds. The molecule has 1 N–H and O–H groups in total. The summed E-state index contributed by atoms with van der Waals surface area (Å²) in [5.74, 6) is -1.32. The molecular formula is C24H23N3O4. The van der Waals surface area contributed by atoms with Crippen LogP contribution in [0.3, 0.4) is 0 Å². The topological polar surface area (TPSA) is 86.2 Å². The fourth-order valence-electron chi connectivity index (χ4n) is 4.69. The van der Waals surface area contributed by atoms with Gasteiger partial charge < -0.3 is 9.67 Å². The van der Waals surface area contributed by atoms with E-state index in [4.69, 9.17) is 0 Å². The van der Waals surface area contributed by atoms with Crippen LogP contribution in [0.15, 0.2) is 58.3 Å². The van der Waals surface area contributed by atoms with Crippen molar-refractivity contribution in [3.8, 4) is 0 Å². The maximum Gasteiger partial charge on any atom is 0.332 e. The molecule has 0 unspecified atom stereocenters. The monoisotopic (exact) mass is 417 g/mol. The number of carboxylic acids is 1. The number of benzene rings is 2. The van der Waals surface area contributed by atoms with Crippen LogP contribution in [-0.4, -0.2) is 24.8 Å². The molecule has 2 aromatic heterocycles. The van der Waals surface area contributed by atoms with Crippen LogP contribution in [-0.2, 0) is 18.4 Å². The number of aliphatic carboxylic acids is 1. The second kappa shape index (κ2) is 6.97. The molecule has 158 valence electrons. The lowest BCUT2D eigenvalue weighted by atomic mass is 10.1. The number of carbonyl (C=O) groups is 1. The van der Waals surface area contributed by atoms with Gasteiger partial charge in [-0.3, -0.25) is 9.36 Å². The maximum absolute atomic E-state index is 13.6. The Bertz CT molecular complexity index is 1470. The fourth-order valence-corrected chi connectivity index (χ4v) is 4.69. The van der Waals surface area contributed by atoms with Gasteiger partial charge in [0, 0.05) is 24.1 Å². The zero-order chi connectivity index (χ0) is 21.9. The van der Waals surface area contributed by atoms with E-state index in [9.17, 15) is 19.5 Å². The molecule has 5 rings (SSSR count). The van der Waals surface area contributed by atoms with Gasteiger partial charge in [-0.15, -0.1) is 0 Å². The van der Waals surface area contributed by atoms with Crippen LogP contribution in [0.1, 0.15) is 30.0 Å². The standard InChI is InChI=1S/C24H23N3O4/c1-14-6-5-9-19-20(14)16(12-25(19)2)13-26-18-8-4-3-7-17(18)22(28)27(24(26)31)21(23(29)30)15-10-11-15/h3-9,12,15,21H,10-11,13H2,1-2H3,(H,29,30)/t21-/m0/s1. The highest BCUT2D eigenvalue weighted by molar-refractivity contribution is 5.87. The van der Waals surface area contributed by atoms with Gasteiger partial charge in [0.2, 0.25) is 0 Å². The van der Waals surface area contributed by atoms with Crippen molar-refractivity contribution >= 4 is 27.8 Å². The first-order valence-corrected chi connectivity index (χ1v) is 10.4. The summed E-state index contributed by atoms with van der Waals surface area (Å²) >= 11 is 0. The van der Waals surface area contributed by atoms with Gasteiger partial charge in [-0.25, -0.2) is 14.2 Å². The summed E-state index contributed by atoms with van der Waals surface area (Å²) in [6.07, 6.45) is 3.40. The normalized spacial score (nSPS) is 14.9. The lowest BCUT2D eigenvalue weighted by molar-refractivity contribution is -0.141. The van der Waals surface area contributed by atoms with Crippen molar-refractivity contribution in [3.05, 3.63) is 80.6 Å². The second-order valence-electron chi connectivity index (χ2n) is 8.42. The lowest BCUT2D eigenvalue weighted by Gasteiger charge is -2.18. The van der Waals surface area contributed by atoms with Gasteiger partial charge in [0.25, 0.3) is 5.56 Å². The van der Waals surface area contributed by atoms with Crippen LogP contribution in [0.25, 0.3) is 21.8 Å². The summed E-state index contributed by atoms with van der Waals surface area (Å²) in [4.78, 5) is 38.8. The smallest absolute Gasteiger partial charge is 0.332 e. The summed E-state index contributed by atoms with van der Waals surface area (Å²) in [5, 5.41) is 11.2. The molecule has 31 heavy (non-hydrogen) atoms. The molecule has 1 atom stereocenters. The molecule has 2 aromatic carbocycles. The number of aryl methyl sites for hydroxylation is 2. The van der Waals surface area contributed by atoms with Crippen LogP contribution in [0.4, 0.5) is 0 Å². The Morgan fingerprint density at radius 3 is 2.52 bits per heavy atom. The Morgan fingerprint density at radius 1 is 1.10 bits per heavy atom. The third-order valence-electron chi connectivity index (χ3n) is 6.31. The van der Waals surface area contributed by atoms with E-state index in [-0.39, 0.29) is 12.5 Å². The van der Waals surface area contributed by atoms with Crippen LogP contribution in [0.2, 0.25) is 0 Å². The Hall–Kier alpha value is -3.61. The van der Waals surface area contributed by atoms with Crippen molar-refractivity contribution in [2.75, 3.05) is 0 Å². The highest BCUT2D eigenvalue weighted by atomic mass is 16.4. The molecule has 4 aromatic rings. The molecule has 0 radical (unpaired) electrons. The van der Waals surface area contributed by atoms with Gasteiger partial charge in [-0.05, 0) is 55.0 Å². The highest BCUT2D eigenvalue weighted by Crippen LogP contribution is 2.39. The van der Waals surface area contributed by atoms with E-state index in [1.165, 1.54) is 4.57 Å². The average molecular weight is 417 g/mol. The Kier molecular flexibility index (Phi) is 4.36. The molecule has 1 fully saturated rings. The average Bonchev–Trinajstić information content (AvgIpc) is 3.52. The number of para-hydroxylation sites is 1. The highest BCUT2D eigenvalue weighted by Gasteiger charge is 2.40. The van der Waals surface area contributed by atoms with E-state index in [1.54, 1.807) is 24.3 Å². The molecule has 0 aliphatic heterocycles. The number of fused-ring (bicyclic) bond motifs is 2. The van der Waals surface area contributed by atoms with Crippen LogP contribution in [0, 0.1) is 12.8 Å². The molecular weight excluding hydrogens is 394 g/mol. The minimum Gasteiger partial charge on any atom is -0.480 e. The minimum absolute atomic E-state index is 0.183. The van der Waals surface area contributed by atoms with Crippen molar-refractivity contribution in [2.45, 2.75) is 32.4 Å². The van der Waals surface area contributed by atoms with Crippen molar-refractivity contribution in [3.63, 3.8) is 0 Å². The van der Waals surface area contributed by atoms with Crippen molar-refractivity contribution in [1.82, 2.24) is 13.7 Å². The molecule has 1 aliphatic rings. The van der Waals surface area contributed by atoms with Gasteiger partial charge in [-0.2, -0.15) is 0 Å². The summed E-state index contributed by atoms with van der Waals surface area (Å²) in [6.45, 7) is 2.28. The first-order chi connectivity index (χ1) is 14.9. The second-order valence-corrected chi connectivity index (χ2v) is 8.42. The van der Waals surface area contributed by atoms with E-state index in [0.29, 0.717) is 23.7 Å². The van der Waals surface area contributed by atoms with Gasteiger partial charge in [-0.1, -0.05) is 24.3 Å². The van der Waals surface area contributed by atoms with Crippen LogP contribution in [0.5, 0.6) is 0 Å². The quantitative estimate of drug-likeness (QED) is 0.541. The molecule has 1 aliphatic carbocycles. The number of aromatic nitrogens is 3. The van der Waals surface area contributed by atoms with E-state index in [2.05, 4.69) is 0 Å². The molecule has 1 saturated carbocycles. The minimum atomic E-state index is -1.13. The molecule has 0 saturated heterocycles. The Balaban J connectivity index is 1.79. The number of hydrogen-bond donors (Lipinski definition) is 1. The zero-order valence-corrected chi connectivity index (χ0v) is 17.4. The summed E-state index contributed by atoms with van der Waals surface area (Å²) in [5.41, 5.74) is 2.51. The molecule has 2 heterocycles. The number of carboxylic acid groups (broad SMARTS) is 1. The van der Waals surface area contributed by atoms with Crippen molar-refractivity contribution < 1.29 is 9.90 Å². The van der Waals surface area contributed by atoms with Gasteiger partial charge in [0.05, 0.1) is 17.4 Å². The summed E-state index contributed by atoms with van der Waals surface area (Å²) in [7, 11) is 1.96. The molecule has 7 nitrogen and oxygen atoms in total. The van der Waals surface area contributed by atoms with Gasteiger partial charge in [0.15, 0.2) is 0 Å². The predicted molar refractivity (Wildman–Crippen MR) is 119 cm³/mol. The molecule has 7 heteroatoms.